The third kappa shape index (κ3) is 3.48. The molecule has 2 nitrogen and oxygen atoms in total. The van der Waals surface area contributed by atoms with Crippen molar-refractivity contribution < 1.29 is 9.50 Å². The number of nitrogens with zero attached hydrogens (tertiary/aromatic N) is 1. The van der Waals surface area contributed by atoms with E-state index in [0.29, 0.717) is 18.0 Å². The molecule has 0 aliphatic rings. The lowest BCUT2D eigenvalue weighted by Crippen LogP contribution is -2.27. The lowest BCUT2D eigenvalue weighted by molar-refractivity contribution is 0.0717. The molecule has 0 spiro atoms. The van der Waals surface area contributed by atoms with Crippen molar-refractivity contribution in [3.8, 4) is 0 Å². The van der Waals surface area contributed by atoms with Crippen LogP contribution in [0.4, 0.5) is 4.39 Å². The van der Waals surface area contributed by atoms with Gasteiger partial charge >= 0.3 is 0 Å². The molecule has 0 radical (unpaired) electrons. The molecule has 0 amide bonds. The van der Waals surface area contributed by atoms with E-state index in [-0.39, 0.29) is 0 Å². The van der Waals surface area contributed by atoms with E-state index in [9.17, 15) is 9.50 Å². The van der Waals surface area contributed by atoms with Crippen LogP contribution in [0, 0.1) is 11.7 Å². The number of benzene rings is 1. The molecule has 0 aliphatic heterocycles. The van der Waals surface area contributed by atoms with Gasteiger partial charge in [-0.05, 0) is 42.0 Å². The Labute approximate surface area is 125 Å². The van der Waals surface area contributed by atoms with Gasteiger partial charge in [0.2, 0.25) is 0 Å². The lowest BCUT2D eigenvalue weighted by atomic mass is 9.86. The second kappa shape index (κ2) is 6.35. The van der Waals surface area contributed by atoms with Gasteiger partial charge in [-0.1, -0.05) is 45.0 Å². The highest BCUT2D eigenvalue weighted by molar-refractivity contribution is 5.35. The number of aromatic nitrogens is 1. The summed E-state index contributed by atoms with van der Waals surface area (Å²) in [4.78, 5) is 4.06. The molecule has 0 aliphatic carbocycles. The Bertz CT molecular complexity index is 594. The van der Waals surface area contributed by atoms with E-state index >= 15 is 0 Å². The molecular weight excluding hydrogens is 265 g/mol. The molecule has 1 atom stereocenters. The first kappa shape index (κ1) is 15.6. The maximum atomic E-state index is 13.0. The van der Waals surface area contributed by atoms with Crippen LogP contribution in [0.2, 0.25) is 0 Å². The third-order valence-corrected chi connectivity index (χ3v) is 3.71. The first-order valence-corrected chi connectivity index (χ1v) is 7.39. The molecule has 1 aromatic carbocycles. The minimum atomic E-state index is -1.18. The standard InChI is InChI=1S/C18H22FNO/c1-4-18(21,17-9-8-16(19)12-20-17)15-7-5-6-14(11-15)10-13(2)3/h5-9,11-13,21H,4,10H2,1-3H3. The van der Waals surface area contributed by atoms with Crippen molar-refractivity contribution in [2.45, 2.75) is 39.2 Å². The molecule has 0 saturated carbocycles. The van der Waals surface area contributed by atoms with Crippen LogP contribution >= 0.6 is 0 Å². The lowest BCUT2D eigenvalue weighted by Gasteiger charge is -2.27. The summed E-state index contributed by atoms with van der Waals surface area (Å²) in [6, 6.07) is 10.8. The van der Waals surface area contributed by atoms with Gasteiger partial charge in [0.1, 0.15) is 11.4 Å². The monoisotopic (exact) mass is 287 g/mol. The Morgan fingerprint density at radius 1 is 1.24 bits per heavy atom. The van der Waals surface area contributed by atoms with E-state index in [1.807, 2.05) is 25.1 Å². The van der Waals surface area contributed by atoms with E-state index in [2.05, 4.69) is 24.9 Å². The Balaban J connectivity index is 2.42. The Hall–Kier alpha value is -1.74. The first-order chi connectivity index (χ1) is 9.95. The zero-order valence-corrected chi connectivity index (χ0v) is 12.8. The molecule has 2 aromatic rings. The summed E-state index contributed by atoms with van der Waals surface area (Å²) in [7, 11) is 0. The van der Waals surface area contributed by atoms with E-state index in [4.69, 9.17) is 0 Å². The molecule has 2 rings (SSSR count). The second-order valence-electron chi connectivity index (χ2n) is 5.87. The highest BCUT2D eigenvalue weighted by atomic mass is 19.1. The van der Waals surface area contributed by atoms with Crippen LogP contribution in [0.15, 0.2) is 42.6 Å². The zero-order chi connectivity index (χ0) is 15.5. The van der Waals surface area contributed by atoms with Crippen LogP contribution in [-0.4, -0.2) is 10.1 Å². The fraction of sp³-hybridized carbons (Fsp3) is 0.389. The number of hydrogen-bond acceptors (Lipinski definition) is 2. The van der Waals surface area contributed by atoms with Gasteiger partial charge in [0.25, 0.3) is 0 Å². The summed E-state index contributed by atoms with van der Waals surface area (Å²) in [6.45, 7) is 6.24. The van der Waals surface area contributed by atoms with Crippen LogP contribution in [0.3, 0.4) is 0 Å². The van der Waals surface area contributed by atoms with Gasteiger partial charge in [0, 0.05) is 0 Å². The van der Waals surface area contributed by atoms with Gasteiger partial charge in [-0.3, -0.25) is 4.98 Å². The minimum Gasteiger partial charge on any atom is -0.379 e. The Morgan fingerprint density at radius 3 is 2.57 bits per heavy atom. The summed E-state index contributed by atoms with van der Waals surface area (Å²) in [5.74, 6) is 0.157. The van der Waals surface area contributed by atoms with Crippen molar-refractivity contribution >= 4 is 0 Å². The van der Waals surface area contributed by atoms with E-state index < -0.39 is 11.4 Å². The summed E-state index contributed by atoms with van der Waals surface area (Å²) in [5, 5.41) is 11.0. The Kier molecular flexibility index (Phi) is 4.73. The molecule has 1 N–H and O–H groups in total. The van der Waals surface area contributed by atoms with Crippen LogP contribution in [0.5, 0.6) is 0 Å². The maximum Gasteiger partial charge on any atom is 0.141 e. The van der Waals surface area contributed by atoms with Gasteiger partial charge in [0.15, 0.2) is 0 Å². The number of halogens is 1. The highest BCUT2D eigenvalue weighted by Crippen LogP contribution is 2.32. The largest absolute Gasteiger partial charge is 0.379 e. The van der Waals surface area contributed by atoms with Crippen LogP contribution in [0.1, 0.15) is 44.0 Å². The smallest absolute Gasteiger partial charge is 0.141 e. The molecule has 21 heavy (non-hydrogen) atoms. The first-order valence-electron chi connectivity index (χ1n) is 7.39. The van der Waals surface area contributed by atoms with Crippen LogP contribution < -0.4 is 0 Å². The zero-order valence-electron chi connectivity index (χ0n) is 12.8. The SMILES string of the molecule is CCC(O)(c1cccc(CC(C)C)c1)c1ccc(F)cn1. The van der Waals surface area contributed by atoms with Gasteiger partial charge in [-0.15, -0.1) is 0 Å². The molecule has 0 fully saturated rings. The molecular formula is C18H22FNO. The summed E-state index contributed by atoms with van der Waals surface area (Å²) >= 11 is 0. The summed E-state index contributed by atoms with van der Waals surface area (Å²) < 4.78 is 13.0. The molecule has 1 heterocycles. The summed E-state index contributed by atoms with van der Waals surface area (Å²) in [6.07, 6.45) is 2.59. The minimum absolute atomic E-state index is 0.397. The topological polar surface area (TPSA) is 33.1 Å². The van der Waals surface area contributed by atoms with Crippen molar-refractivity contribution in [1.82, 2.24) is 4.98 Å². The van der Waals surface area contributed by atoms with Crippen molar-refractivity contribution in [3.63, 3.8) is 0 Å². The fourth-order valence-electron chi connectivity index (χ4n) is 2.58. The molecule has 0 bridgehead atoms. The van der Waals surface area contributed by atoms with Crippen molar-refractivity contribution in [3.05, 3.63) is 65.2 Å². The van der Waals surface area contributed by atoms with Crippen LogP contribution in [-0.2, 0) is 12.0 Å². The van der Waals surface area contributed by atoms with E-state index in [1.165, 1.54) is 11.6 Å². The van der Waals surface area contributed by atoms with E-state index in [1.54, 1.807) is 6.07 Å². The number of pyridine rings is 1. The molecule has 112 valence electrons. The molecule has 0 saturated heterocycles. The molecule has 3 heteroatoms. The average Bonchev–Trinajstić information content (AvgIpc) is 2.47. The van der Waals surface area contributed by atoms with Crippen LogP contribution in [0.25, 0.3) is 0 Å². The Morgan fingerprint density at radius 2 is 2.00 bits per heavy atom. The quantitative estimate of drug-likeness (QED) is 0.899. The molecule has 1 aromatic heterocycles. The van der Waals surface area contributed by atoms with Crippen molar-refractivity contribution in [2.24, 2.45) is 5.92 Å². The predicted molar refractivity (Wildman–Crippen MR) is 82.5 cm³/mol. The van der Waals surface area contributed by atoms with Crippen molar-refractivity contribution in [1.29, 1.82) is 0 Å². The van der Waals surface area contributed by atoms with Gasteiger partial charge in [0.05, 0.1) is 11.9 Å². The number of hydrogen-bond donors (Lipinski definition) is 1. The van der Waals surface area contributed by atoms with Gasteiger partial charge in [-0.2, -0.15) is 0 Å². The number of aliphatic hydroxyl groups is 1. The summed E-state index contributed by atoms with van der Waals surface area (Å²) in [5.41, 5.74) is 1.30. The maximum absolute atomic E-state index is 13.0. The van der Waals surface area contributed by atoms with E-state index in [0.717, 1.165) is 18.2 Å². The molecule has 1 unspecified atom stereocenters. The third-order valence-electron chi connectivity index (χ3n) is 3.71. The van der Waals surface area contributed by atoms with Gasteiger partial charge < -0.3 is 5.11 Å². The second-order valence-corrected chi connectivity index (χ2v) is 5.87. The van der Waals surface area contributed by atoms with Crippen molar-refractivity contribution in [2.75, 3.05) is 0 Å². The normalized spacial score (nSPS) is 14.2. The predicted octanol–water partition coefficient (Wildman–Crippen LogP) is 4.07. The van der Waals surface area contributed by atoms with Gasteiger partial charge in [-0.25, -0.2) is 4.39 Å². The highest BCUT2D eigenvalue weighted by Gasteiger charge is 2.31. The fourth-order valence-corrected chi connectivity index (χ4v) is 2.58. The average molecular weight is 287 g/mol. The number of rotatable bonds is 5.